The van der Waals surface area contributed by atoms with Crippen molar-refractivity contribution in [2.45, 2.75) is 19.4 Å². The van der Waals surface area contributed by atoms with E-state index in [4.69, 9.17) is 9.84 Å². The molecule has 24 heavy (non-hydrogen) atoms. The van der Waals surface area contributed by atoms with Crippen LogP contribution in [0.2, 0.25) is 0 Å². The van der Waals surface area contributed by atoms with Gasteiger partial charge in [-0.15, -0.1) is 0 Å². The Morgan fingerprint density at radius 2 is 1.71 bits per heavy atom. The van der Waals surface area contributed by atoms with Gasteiger partial charge in [0, 0.05) is 13.6 Å². The number of hydrogen-bond acceptors (Lipinski definition) is 3. The average Bonchev–Trinajstić information content (AvgIpc) is 2.60. The molecule has 1 N–H and O–H groups in total. The maximum absolute atomic E-state index is 12.5. The lowest BCUT2D eigenvalue weighted by molar-refractivity contribution is -0.139. The molecule has 0 saturated heterocycles. The summed E-state index contributed by atoms with van der Waals surface area (Å²) in [5, 5.41) is 8.59. The van der Waals surface area contributed by atoms with Gasteiger partial charge >= 0.3 is 5.97 Å². The van der Waals surface area contributed by atoms with Gasteiger partial charge in [0.1, 0.15) is 5.75 Å². The van der Waals surface area contributed by atoms with Crippen molar-refractivity contribution in [3.05, 3.63) is 65.7 Å². The third kappa shape index (κ3) is 4.84. The minimum absolute atomic E-state index is 0.0485. The van der Waals surface area contributed by atoms with Gasteiger partial charge in [0.2, 0.25) is 5.91 Å². The largest absolute Gasteiger partial charge is 0.482 e. The fourth-order valence-corrected chi connectivity index (χ4v) is 2.40. The summed E-state index contributed by atoms with van der Waals surface area (Å²) in [6.45, 7) is 2.01. The van der Waals surface area contributed by atoms with E-state index in [1.807, 2.05) is 49.4 Å². The average molecular weight is 327 g/mol. The quantitative estimate of drug-likeness (QED) is 0.849. The molecule has 0 heterocycles. The summed E-state index contributed by atoms with van der Waals surface area (Å²) in [4.78, 5) is 24.7. The topological polar surface area (TPSA) is 66.8 Å². The van der Waals surface area contributed by atoms with Gasteiger partial charge in [-0.05, 0) is 30.2 Å². The Morgan fingerprint density at radius 3 is 2.29 bits per heavy atom. The molecule has 0 spiro atoms. The highest BCUT2D eigenvalue weighted by Gasteiger charge is 2.19. The number of likely N-dealkylation sites (N-methyl/N-ethyl adjacent to an activating group) is 1. The molecule has 0 saturated carbocycles. The Morgan fingerprint density at radius 1 is 1.08 bits per heavy atom. The molecule has 0 unspecified atom stereocenters. The first-order valence-electron chi connectivity index (χ1n) is 7.71. The van der Waals surface area contributed by atoms with Crippen LogP contribution in [0.5, 0.6) is 5.75 Å². The summed E-state index contributed by atoms with van der Waals surface area (Å²) >= 11 is 0. The molecule has 0 aliphatic rings. The number of carbonyl (C=O) groups is 2. The van der Waals surface area contributed by atoms with Crippen LogP contribution in [0.3, 0.4) is 0 Å². The number of aliphatic carboxylic acids is 1. The molecule has 1 amide bonds. The van der Waals surface area contributed by atoms with E-state index in [9.17, 15) is 9.59 Å². The predicted octanol–water partition coefficient (Wildman–Crippen LogP) is 2.91. The molecule has 2 aromatic carbocycles. The number of rotatable bonds is 7. The summed E-state index contributed by atoms with van der Waals surface area (Å²) in [6.07, 6.45) is 0. The zero-order chi connectivity index (χ0) is 17.5. The summed E-state index contributed by atoms with van der Waals surface area (Å²) in [6, 6.07) is 16.7. The first-order valence-corrected chi connectivity index (χ1v) is 7.71. The maximum Gasteiger partial charge on any atom is 0.341 e. The molecule has 0 aromatic heterocycles. The van der Waals surface area contributed by atoms with Crippen molar-refractivity contribution in [2.75, 3.05) is 13.7 Å². The number of benzene rings is 2. The molecular weight excluding hydrogens is 306 g/mol. The first kappa shape index (κ1) is 17.5. The Labute approximate surface area is 141 Å². The lowest BCUT2D eigenvalue weighted by Gasteiger charge is -2.22. The Hall–Kier alpha value is -2.82. The van der Waals surface area contributed by atoms with Crippen LogP contribution in [0, 0.1) is 0 Å². The van der Waals surface area contributed by atoms with Gasteiger partial charge < -0.3 is 14.7 Å². The van der Waals surface area contributed by atoms with Crippen molar-refractivity contribution in [1.82, 2.24) is 4.90 Å². The molecule has 0 fully saturated rings. The van der Waals surface area contributed by atoms with Gasteiger partial charge in [-0.3, -0.25) is 4.79 Å². The molecule has 0 aliphatic carbocycles. The monoisotopic (exact) mass is 327 g/mol. The number of carbonyl (C=O) groups excluding carboxylic acids is 1. The summed E-state index contributed by atoms with van der Waals surface area (Å²) in [5.41, 5.74) is 1.94. The van der Waals surface area contributed by atoms with Gasteiger partial charge in [0.25, 0.3) is 0 Å². The normalized spacial score (nSPS) is 11.6. The first-order chi connectivity index (χ1) is 11.5. The van der Waals surface area contributed by atoms with E-state index in [0.717, 1.165) is 11.1 Å². The van der Waals surface area contributed by atoms with Gasteiger partial charge in [0.15, 0.2) is 6.61 Å². The van der Waals surface area contributed by atoms with Gasteiger partial charge in [0.05, 0.1) is 5.92 Å². The number of amides is 1. The molecule has 5 heteroatoms. The van der Waals surface area contributed by atoms with E-state index in [-0.39, 0.29) is 18.4 Å². The van der Waals surface area contributed by atoms with E-state index >= 15 is 0 Å². The Balaban J connectivity index is 1.95. The molecule has 2 aromatic rings. The Kier molecular flexibility index (Phi) is 5.95. The van der Waals surface area contributed by atoms with Crippen LogP contribution in [0.1, 0.15) is 24.0 Å². The van der Waals surface area contributed by atoms with Crippen molar-refractivity contribution in [3.63, 3.8) is 0 Å². The molecule has 2 rings (SSSR count). The van der Waals surface area contributed by atoms with Crippen molar-refractivity contribution < 1.29 is 19.4 Å². The highest BCUT2D eigenvalue weighted by Crippen LogP contribution is 2.19. The van der Waals surface area contributed by atoms with Crippen molar-refractivity contribution >= 4 is 11.9 Å². The van der Waals surface area contributed by atoms with Crippen molar-refractivity contribution in [3.8, 4) is 5.75 Å². The fraction of sp³-hybridized carbons (Fsp3) is 0.263. The minimum Gasteiger partial charge on any atom is -0.482 e. The summed E-state index contributed by atoms with van der Waals surface area (Å²) in [7, 11) is 1.77. The standard InChI is InChI=1S/C19H21NO4/c1-14(16-6-4-3-5-7-16)19(23)20(2)12-15-8-10-17(11-9-15)24-13-18(21)22/h3-11,14H,12-13H2,1-2H3,(H,21,22)/t14-/m0/s1. The summed E-state index contributed by atoms with van der Waals surface area (Å²) < 4.78 is 5.09. The van der Waals surface area contributed by atoms with Crippen LogP contribution in [-0.2, 0) is 16.1 Å². The van der Waals surface area contributed by atoms with Gasteiger partial charge in [-0.2, -0.15) is 0 Å². The van der Waals surface area contributed by atoms with E-state index in [1.54, 1.807) is 24.1 Å². The van der Waals surface area contributed by atoms with E-state index in [1.165, 1.54) is 0 Å². The van der Waals surface area contributed by atoms with E-state index < -0.39 is 5.97 Å². The molecule has 126 valence electrons. The van der Waals surface area contributed by atoms with Gasteiger partial charge in [-0.25, -0.2) is 4.79 Å². The second-order valence-electron chi connectivity index (χ2n) is 5.65. The second kappa shape index (κ2) is 8.15. The number of carboxylic acids is 1. The van der Waals surface area contributed by atoms with Crippen LogP contribution >= 0.6 is 0 Å². The van der Waals surface area contributed by atoms with Crippen LogP contribution in [0.15, 0.2) is 54.6 Å². The van der Waals surface area contributed by atoms with Crippen LogP contribution in [0.4, 0.5) is 0 Å². The van der Waals surface area contributed by atoms with E-state index in [2.05, 4.69) is 0 Å². The second-order valence-corrected chi connectivity index (χ2v) is 5.65. The van der Waals surface area contributed by atoms with Crippen LogP contribution < -0.4 is 4.74 Å². The molecule has 0 radical (unpaired) electrons. The third-order valence-electron chi connectivity index (χ3n) is 3.75. The molecule has 0 bridgehead atoms. The SMILES string of the molecule is C[C@H](C(=O)N(C)Cc1ccc(OCC(=O)O)cc1)c1ccccc1. The highest BCUT2D eigenvalue weighted by molar-refractivity contribution is 5.83. The zero-order valence-electron chi connectivity index (χ0n) is 13.8. The number of nitrogens with zero attached hydrogens (tertiary/aromatic N) is 1. The highest BCUT2D eigenvalue weighted by atomic mass is 16.5. The molecular formula is C19H21NO4. The minimum atomic E-state index is -1.01. The summed E-state index contributed by atoms with van der Waals surface area (Å²) in [5.74, 6) is -0.672. The smallest absolute Gasteiger partial charge is 0.341 e. The number of ether oxygens (including phenoxy) is 1. The fourth-order valence-electron chi connectivity index (χ4n) is 2.40. The molecule has 1 atom stereocenters. The number of hydrogen-bond donors (Lipinski definition) is 1. The van der Waals surface area contributed by atoms with Gasteiger partial charge in [-0.1, -0.05) is 42.5 Å². The third-order valence-corrected chi connectivity index (χ3v) is 3.75. The van der Waals surface area contributed by atoms with Crippen molar-refractivity contribution in [2.24, 2.45) is 0 Å². The number of carboxylic acid groups (broad SMARTS) is 1. The maximum atomic E-state index is 12.5. The van der Waals surface area contributed by atoms with E-state index in [0.29, 0.717) is 12.3 Å². The molecule has 0 aliphatic heterocycles. The molecule has 5 nitrogen and oxygen atoms in total. The predicted molar refractivity (Wildman–Crippen MR) is 90.9 cm³/mol. The zero-order valence-corrected chi connectivity index (χ0v) is 13.8. The van der Waals surface area contributed by atoms with Crippen LogP contribution in [0.25, 0.3) is 0 Å². The van der Waals surface area contributed by atoms with Crippen molar-refractivity contribution in [1.29, 1.82) is 0 Å². The Bertz CT molecular complexity index is 682. The lowest BCUT2D eigenvalue weighted by Crippen LogP contribution is -2.30. The van der Waals surface area contributed by atoms with Crippen LogP contribution in [-0.4, -0.2) is 35.5 Å². The lowest BCUT2D eigenvalue weighted by atomic mass is 10.00.